The van der Waals surface area contributed by atoms with Crippen LogP contribution in [0.25, 0.3) is 11.1 Å². The molecule has 3 rings (SSSR count). The van der Waals surface area contributed by atoms with E-state index in [0.29, 0.717) is 0 Å². The third kappa shape index (κ3) is 2.03. The van der Waals surface area contributed by atoms with Crippen LogP contribution in [0.5, 0.6) is 0 Å². The third-order valence-electron chi connectivity index (χ3n) is 3.32. The lowest BCUT2D eigenvalue weighted by molar-refractivity contribution is 0.949. The molecule has 2 heterocycles. The van der Waals surface area contributed by atoms with Crippen molar-refractivity contribution in [3.05, 3.63) is 48.8 Å². The second-order valence-electron chi connectivity index (χ2n) is 4.45. The minimum absolute atomic E-state index is 1.18. The van der Waals surface area contributed by atoms with Crippen LogP contribution in [0.3, 0.4) is 0 Å². The summed E-state index contributed by atoms with van der Waals surface area (Å²) in [4.78, 5) is 6.68. The zero-order valence-electron chi connectivity index (χ0n) is 9.84. The second kappa shape index (κ2) is 4.58. The normalized spacial score (nSPS) is 15.2. The molecule has 1 fully saturated rings. The van der Waals surface area contributed by atoms with Crippen LogP contribution in [0.15, 0.2) is 48.8 Å². The predicted octanol–water partition coefficient (Wildman–Crippen LogP) is 3.35. The minimum atomic E-state index is 1.18. The first-order valence-corrected chi connectivity index (χ1v) is 6.19. The molecule has 2 aromatic rings. The quantitative estimate of drug-likeness (QED) is 0.777. The summed E-state index contributed by atoms with van der Waals surface area (Å²) < 4.78 is 0. The fraction of sp³-hybridized carbons (Fsp3) is 0.267. The average Bonchev–Trinajstić information content (AvgIpc) is 2.94. The Hall–Kier alpha value is -1.83. The molecule has 1 aromatic heterocycles. The Bertz CT molecular complexity index is 487. The predicted molar refractivity (Wildman–Crippen MR) is 71.1 cm³/mol. The highest BCUT2D eigenvalue weighted by Crippen LogP contribution is 2.31. The van der Waals surface area contributed by atoms with Crippen molar-refractivity contribution >= 4 is 5.69 Å². The van der Waals surface area contributed by atoms with Gasteiger partial charge in [0, 0.05) is 42.3 Å². The van der Waals surface area contributed by atoms with Crippen molar-refractivity contribution < 1.29 is 0 Å². The van der Waals surface area contributed by atoms with Gasteiger partial charge in [0.1, 0.15) is 0 Å². The third-order valence-corrected chi connectivity index (χ3v) is 3.32. The van der Waals surface area contributed by atoms with Gasteiger partial charge in [-0.05, 0) is 25.0 Å². The highest BCUT2D eigenvalue weighted by Gasteiger charge is 2.15. The number of anilines is 1. The molecule has 0 aliphatic carbocycles. The lowest BCUT2D eigenvalue weighted by Gasteiger charge is -2.21. The van der Waals surface area contributed by atoms with Gasteiger partial charge >= 0.3 is 0 Å². The summed E-state index contributed by atoms with van der Waals surface area (Å²) in [6.45, 7) is 2.36. The number of hydrogen-bond donors (Lipinski definition) is 0. The van der Waals surface area contributed by atoms with E-state index in [9.17, 15) is 0 Å². The number of para-hydroxylation sites is 1. The van der Waals surface area contributed by atoms with Crippen molar-refractivity contribution in [3.8, 4) is 11.1 Å². The minimum Gasteiger partial charge on any atom is -0.371 e. The summed E-state index contributed by atoms with van der Waals surface area (Å²) in [5.74, 6) is 0. The van der Waals surface area contributed by atoms with Gasteiger partial charge in [-0.1, -0.05) is 24.3 Å². The van der Waals surface area contributed by atoms with Gasteiger partial charge < -0.3 is 4.90 Å². The number of hydrogen-bond acceptors (Lipinski definition) is 2. The molecule has 17 heavy (non-hydrogen) atoms. The molecule has 0 unspecified atom stereocenters. The molecular weight excluding hydrogens is 208 g/mol. The fourth-order valence-electron chi connectivity index (χ4n) is 2.47. The first kappa shape index (κ1) is 10.3. The first-order valence-electron chi connectivity index (χ1n) is 6.19. The van der Waals surface area contributed by atoms with E-state index in [1.54, 1.807) is 0 Å². The molecule has 0 atom stereocenters. The molecule has 0 saturated carbocycles. The van der Waals surface area contributed by atoms with Crippen molar-refractivity contribution in [3.63, 3.8) is 0 Å². The van der Waals surface area contributed by atoms with Crippen molar-refractivity contribution in [2.75, 3.05) is 18.0 Å². The topological polar surface area (TPSA) is 16.1 Å². The molecule has 0 spiro atoms. The maximum atomic E-state index is 4.21. The maximum absolute atomic E-state index is 4.21. The summed E-state index contributed by atoms with van der Waals surface area (Å²) in [5, 5.41) is 0. The SMILES string of the molecule is c1cncc(-c2ccccc2N2CCCC2)c1. The lowest BCUT2D eigenvalue weighted by atomic mass is 10.1. The van der Waals surface area contributed by atoms with Crippen molar-refractivity contribution in [2.24, 2.45) is 0 Å². The Morgan fingerprint density at radius 3 is 2.53 bits per heavy atom. The standard InChI is InChI=1S/C15H16N2/c1-2-8-15(17-10-3-4-11-17)14(7-1)13-6-5-9-16-12-13/h1-2,5-9,12H,3-4,10-11H2. The van der Waals surface area contributed by atoms with E-state index >= 15 is 0 Å². The van der Waals surface area contributed by atoms with E-state index in [-0.39, 0.29) is 0 Å². The Labute approximate surface area is 102 Å². The molecule has 0 bridgehead atoms. The van der Waals surface area contributed by atoms with Gasteiger partial charge in [0.05, 0.1) is 0 Å². The number of aromatic nitrogens is 1. The molecule has 86 valence electrons. The molecule has 2 nitrogen and oxygen atoms in total. The largest absolute Gasteiger partial charge is 0.371 e. The van der Waals surface area contributed by atoms with Gasteiger partial charge in [0.15, 0.2) is 0 Å². The van der Waals surface area contributed by atoms with Gasteiger partial charge in [-0.15, -0.1) is 0 Å². The van der Waals surface area contributed by atoms with Crippen LogP contribution >= 0.6 is 0 Å². The fourth-order valence-corrected chi connectivity index (χ4v) is 2.47. The molecule has 1 saturated heterocycles. The summed E-state index contributed by atoms with van der Waals surface area (Å²) in [5.41, 5.74) is 3.84. The van der Waals surface area contributed by atoms with Crippen LogP contribution in [-0.4, -0.2) is 18.1 Å². The summed E-state index contributed by atoms with van der Waals surface area (Å²) in [6.07, 6.45) is 6.37. The molecular formula is C15H16N2. The maximum Gasteiger partial charge on any atom is 0.0446 e. The number of nitrogens with zero attached hydrogens (tertiary/aromatic N) is 2. The summed E-state index contributed by atoms with van der Waals surface area (Å²) in [6, 6.07) is 12.7. The molecule has 1 aromatic carbocycles. The van der Waals surface area contributed by atoms with Gasteiger partial charge in [0.2, 0.25) is 0 Å². The van der Waals surface area contributed by atoms with E-state index in [1.807, 2.05) is 18.5 Å². The Morgan fingerprint density at radius 2 is 1.76 bits per heavy atom. The van der Waals surface area contributed by atoms with Crippen LogP contribution in [0.2, 0.25) is 0 Å². The lowest BCUT2D eigenvalue weighted by Crippen LogP contribution is -2.18. The van der Waals surface area contributed by atoms with Crippen molar-refractivity contribution in [1.82, 2.24) is 4.98 Å². The van der Waals surface area contributed by atoms with Gasteiger partial charge in [-0.25, -0.2) is 0 Å². The van der Waals surface area contributed by atoms with E-state index in [1.165, 1.54) is 42.7 Å². The van der Waals surface area contributed by atoms with E-state index < -0.39 is 0 Å². The van der Waals surface area contributed by atoms with Crippen molar-refractivity contribution in [1.29, 1.82) is 0 Å². The Balaban J connectivity index is 2.04. The highest BCUT2D eigenvalue weighted by atomic mass is 15.1. The summed E-state index contributed by atoms with van der Waals surface area (Å²) >= 11 is 0. The van der Waals surface area contributed by atoms with Crippen LogP contribution in [0.1, 0.15) is 12.8 Å². The monoisotopic (exact) mass is 224 g/mol. The molecule has 1 aliphatic heterocycles. The zero-order chi connectivity index (χ0) is 11.5. The van der Waals surface area contributed by atoms with Crippen molar-refractivity contribution in [2.45, 2.75) is 12.8 Å². The molecule has 2 heteroatoms. The van der Waals surface area contributed by atoms with E-state index in [0.717, 1.165) is 0 Å². The molecule has 0 amide bonds. The summed E-state index contributed by atoms with van der Waals surface area (Å²) in [7, 11) is 0. The first-order chi connectivity index (χ1) is 8.45. The number of benzene rings is 1. The molecule has 0 N–H and O–H groups in total. The zero-order valence-corrected chi connectivity index (χ0v) is 9.84. The Morgan fingerprint density at radius 1 is 0.941 bits per heavy atom. The van der Waals surface area contributed by atoms with E-state index in [2.05, 4.69) is 40.2 Å². The van der Waals surface area contributed by atoms with Crippen LogP contribution in [0.4, 0.5) is 5.69 Å². The van der Waals surface area contributed by atoms with Crippen LogP contribution in [0, 0.1) is 0 Å². The van der Waals surface area contributed by atoms with Gasteiger partial charge in [-0.2, -0.15) is 0 Å². The Kier molecular flexibility index (Phi) is 2.78. The molecule has 1 aliphatic rings. The second-order valence-corrected chi connectivity index (χ2v) is 4.45. The van der Waals surface area contributed by atoms with Crippen LogP contribution in [-0.2, 0) is 0 Å². The number of pyridine rings is 1. The highest BCUT2D eigenvalue weighted by molar-refractivity contribution is 5.78. The van der Waals surface area contributed by atoms with Gasteiger partial charge in [-0.3, -0.25) is 4.98 Å². The smallest absolute Gasteiger partial charge is 0.0446 e. The number of rotatable bonds is 2. The van der Waals surface area contributed by atoms with Gasteiger partial charge in [0.25, 0.3) is 0 Å². The van der Waals surface area contributed by atoms with Crippen LogP contribution < -0.4 is 4.90 Å². The average molecular weight is 224 g/mol. The molecule has 0 radical (unpaired) electrons. The van der Waals surface area contributed by atoms with E-state index in [4.69, 9.17) is 0 Å².